The van der Waals surface area contributed by atoms with E-state index in [0.29, 0.717) is 6.04 Å². The molecule has 0 saturated carbocycles. The van der Waals surface area contributed by atoms with Gasteiger partial charge >= 0.3 is 0 Å². The Labute approximate surface area is 150 Å². The third-order valence-corrected chi connectivity index (χ3v) is 6.57. The minimum Gasteiger partial charge on any atom is -0.373 e. The van der Waals surface area contributed by atoms with Crippen LogP contribution in [0, 0.1) is 0 Å². The van der Waals surface area contributed by atoms with E-state index in [2.05, 4.69) is 38.8 Å². The molecular weight excluding hydrogens is 334 g/mol. The Hall–Kier alpha value is -1.70. The normalized spacial score (nSPS) is 23.0. The molecular formula is C18H23N5OS. The van der Waals surface area contributed by atoms with E-state index in [0.717, 1.165) is 62.4 Å². The zero-order valence-corrected chi connectivity index (χ0v) is 15.3. The van der Waals surface area contributed by atoms with Gasteiger partial charge in [-0.15, -0.1) is 11.3 Å². The molecule has 2 aliphatic heterocycles. The highest BCUT2D eigenvalue weighted by Crippen LogP contribution is 2.37. The Morgan fingerprint density at radius 2 is 2.12 bits per heavy atom. The Kier molecular flexibility index (Phi) is 3.87. The minimum atomic E-state index is 0.276. The van der Waals surface area contributed by atoms with Crippen molar-refractivity contribution in [3.05, 3.63) is 23.2 Å². The number of fused-ring (bicyclic) bond motifs is 1. The number of H-pyrrole nitrogens is 1. The van der Waals surface area contributed by atoms with Crippen LogP contribution in [0.4, 0.5) is 0 Å². The number of thiophene rings is 1. The van der Waals surface area contributed by atoms with Gasteiger partial charge in [-0.2, -0.15) is 5.10 Å². The standard InChI is InChI=1S/C18H23N5OS/c1-22-8-6-12(7-9-22)23-18-13(11-19-23)20-17(21-18)16-5-4-15(25-16)14-3-2-10-24-14/h4-5,11-12,14H,2-3,6-10H2,1H3,(H,20,21)/t14-/m0/s1. The zero-order valence-electron chi connectivity index (χ0n) is 14.4. The fourth-order valence-electron chi connectivity index (χ4n) is 3.90. The number of nitrogens with zero attached hydrogens (tertiary/aromatic N) is 4. The first-order valence-corrected chi connectivity index (χ1v) is 9.93. The number of aromatic amines is 1. The van der Waals surface area contributed by atoms with Crippen LogP contribution in [0.15, 0.2) is 18.3 Å². The highest BCUT2D eigenvalue weighted by atomic mass is 32.1. The Morgan fingerprint density at radius 1 is 1.24 bits per heavy atom. The molecule has 1 atom stereocenters. The smallest absolute Gasteiger partial charge is 0.177 e. The number of likely N-dealkylation sites (tertiary alicyclic amines) is 1. The van der Waals surface area contributed by atoms with E-state index in [1.165, 1.54) is 9.75 Å². The average molecular weight is 357 g/mol. The van der Waals surface area contributed by atoms with E-state index in [4.69, 9.17) is 9.72 Å². The molecule has 0 aliphatic carbocycles. The fraction of sp³-hybridized carbons (Fsp3) is 0.556. The van der Waals surface area contributed by atoms with Crippen LogP contribution in [0.3, 0.4) is 0 Å². The van der Waals surface area contributed by atoms with Crippen molar-refractivity contribution in [2.75, 3.05) is 26.7 Å². The summed E-state index contributed by atoms with van der Waals surface area (Å²) in [6.07, 6.45) is 6.76. The van der Waals surface area contributed by atoms with Crippen LogP contribution in [0.2, 0.25) is 0 Å². The summed E-state index contributed by atoms with van der Waals surface area (Å²) in [5.74, 6) is 0.948. The molecule has 6 nitrogen and oxygen atoms in total. The fourth-order valence-corrected chi connectivity index (χ4v) is 4.93. The Balaban J connectivity index is 1.43. The highest BCUT2D eigenvalue weighted by molar-refractivity contribution is 7.15. The lowest BCUT2D eigenvalue weighted by Gasteiger charge is -2.28. The number of aromatic nitrogens is 4. The van der Waals surface area contributed by atoms with Crippen molar-refractivity contribution in [2.45, 2.75) is 37.8 Å². The van der Waals surface area contributed by atoms with Crippen LogP contribution in [0.25, 0.3) is 21.9 Å². The van der Waals surface area contributed by atoms with E-state index in [-0.39, 0.29) is 6.10 Å². The van der Waals surface area contributed by atoms with Gasteiger partial charge in [-0.3, -0.25) is 0 Å². The van der Waals surface area contributed by atoms with E-state index in [9.17, 15) is 0 Å². The van der Waals surface area contributed by atoms with Gasteiger partial charge in [0.05, 0.1) is 23.2 Å². The molecule has 1 N–H and O–H groups in total. The number of ether oxygens (including phenoxy) is 1. The summed E-state index contributed by atoms with van der Waals surface area (Å²) in [6, 6.07) is 4.80. The van der Waals surface area contributed by atoms with Crippen LogP contribution in [-0.2, 0) is 4.74 Å². The lowest BCUT2D eigenvalue weighted by molar-refractivity contribution is 0.114. The number of nitrogens with one attached hydrogen (secondary N) is 1. The van der Waals surface area contributed by atoms with Crippen LogP contribution < -0.4 is 0 Å². The molecule has 2 fully saturated rings. The van der Waals surface area contributed by atoms with Gasteiger partial charge < -0.3 is 14.6 Å². The molecule has 0 bridgehead atoms. The lowest BCUT2D eigenvalue weighted by Crippen LogP contribution is -2.31. The summed E-state index contributed by atoms with van der Waals surface area (Å²) >= 11 is 1.79. The second-order valence-electron chi connectivity index (χ2n) is 7.15. The number of piperidine rings is 1. The Bertz CT molecular complexity index is 867. The van der Waals surface area contributed by atoms with Crippen LogP contribution in [0.5, 0.6) is 0 Å². The molecule has 0 unspecified atom stereocenters. The Morgan fingerprint density at radius 3 is 2.92 bits per heavy atom. The molecule has 2 aliphatic rings. The van der Waals surface area contributed by atoms with Crippen LogP contribution in [-0.4, -0.2) is 51.4 Å². The first-order valence-electron chi connectivity index (χ1n) is 9.11. The van der Waals surface area contributed by atoms with Gasteiger partial charge in [0.2, 0.25) is 0 Å². The lowest BCUT2D eigenvalue weighted by atomic mass is 10.1. The SMILES string of the molecule is CN1CCC(n2ncc3[nH]c(-c4ccc([C@@H]5CCCO5)s4)nc32)CC1. The zero-order chi connectivity index (χ0) is 16.8. The maximum absolute atomic E-state index is 5.80. The van der Waals surface area contributed by atoms with Gasteiger partial charge in [-0.25, -0.2) is 9.67 Å². The number of hydrogen-bond donors (Lipinski definition) is 1. The summed E-state index contributed by atoms with van der Waals surface area (Å²) in [5.41, 5.74) is 2.01. The monoisotopic (exact) mass is 357 g/mol. The molecule has 132 valence electrons. The van der Waals surface area contributed by atoms with Gasteiger partial charge in [0.1, 0.15) is 5.52 Å². The highest BCUT2D eigenvalue weighted by Gasteiger charge is 2.23. The van der Waals surface area contributed by atoms with Crippen molar-refractivity contribution in [1.29, 1.82) is 0 Å². The average Bonchev–Trinajstić information content (AvgIpc) is 3.37. The molecule has 0 spiro atoms. The molecule has 0 aromatic carbocycles. The van der Waals surface area contributed by atoms with E-state index in [1.807, 2.05) is 6.20 Å². The molecule has 0 radical (unpaired) electrons. The maximum atomic E-state index is 5.80. The maximum Gasteiger partial charge on any atom is 0.177 e. The predicted octanol–water partition coefficient (Wildman–Crippen LogP) is 3.61. The van der Waals surface area contributed by atoms with E-state index >= 15 is 0 Å². The molecule has 25 heavy (non-hydrogen) atoms. The number of imidazole rings is 1. The topological polar surface area (TPSA) is 59.0 Å². The summed E-state index contributed by atoms with van der Waals surface area (Å²) in [7, 11) is 2.18. The molecule has 0 amide bonds. The van der Waals surface area contributed by atoms with Gasteiger partial charge in [-0.1, -0.05) is 0 Å². The number of hydrogen-bond acceptors (Lipinski definition) is 5. The van der Waals surface area contributed by atoms with Crippen molar-refractivity contribution in [2.24, 2.45) is 0 Å². The van der Waals surface area contributed by atoms with Crippen molar-refractivity contribution in [1.82, 2.24) is 24.6 Å². The molecule has 2 saturated heterocycles. The van der Waals surface area contributed by atoms with Gasteiger partial charge in [0, 0.05) is 11.5 Å². The summed E-state index contributed by atoms with van der Waals surface area (Å²) < 4.78 is 7.92. The molecule has 3 aromatic heterocycles. The van der Waals surface area contributed by atoms with Crippen molar-refractivity contribution < 1.29 is 4.74 Å². The van der Waals surface area contributed by atoms with Gasteiger partial charge in [0.15, 0.2) is 11.5 Å². The first kappa shape index (κ1) is 15.5. The van der Waals surface area contributed by atoms with Crippen LogP contribution >= 0.6 is 11.3 Å². The van der Waals surface area contributed by atoms with Gasteiger partial charge in [0.25, 0.3) is 0 Å². The minimum absolute atomic E-state index is 0.276. The predicted molar refractivity (Wildman–Crippen MR) is 98.9 cm³/mol. The number of rotatable bonds is 3. The van der Waals surface area contributed by atoms with E-state index < -0.39 is 0 Å². The quantitative estimate of drug-likeness (QED) is 0.778. The van der Waals surface area contributed by atoms with Crippen molar-refractivity contribution in [3.8, 4) is 10.7 Å². The molecule has 7 heteroatoms. The first-order chi connectivity index (χ1) is 12.3. The van der Waals surface area contributed by atoms with Crippen LogP contribution in [0.1, 0.15) is 42.7 Å². The summed E-state index contributed by atoms with van der Waals surface area (Å²) in [5, 5.41) is 4.59. The third kappa shape index (κ3) is 2.80. The summed E-state index contributed by atoms with van der Waals surface area (Å²) in [4.78, 5) is 13.2. The second-order valence-corrected chi connectivity index (χ2v) is 8.27. The summed E-state index contributed by atoms with van der Waals surface area (Å²) in [6.45, 7) is 3.13. The second kappa shape index (κ2) is 6.23. The molecule has 5 heterocycles. The molecule has 5 rings (SSSR count). The van der Waals surface area contributed by atoms with Crippen molar-refractivity contribution in [3.63, 3.8) is 0 Å². The molecule has 3 aromatic rings. The third-order valence-electron chi connectivity index (χ3n) is 5.38. The largest absolute Gasteiger partial charge is 0.373 e. The van der Waals surface area contributed by atoms with Crippen molar-refractivity contribution >= 4 is 22.5 Å². The van der Waals surface area contributed by atoms with E-state index in [1.54, 1.807) is 11.3 Å². The van der Waals surface area contributed by atoms with Gasteiger partial charge in [-0.05, 0) is 58.0 Å².